The minimum absolute atomic E-state index is 0.103. The lowest BCUT2D eigenvalue weighted by Crippen LogP contribution is -2.54. The summed E-state index contributed by atoms with van der Waals surface area (Å²) >= 11 is 0. The van der Waals surface area contributed by atoms with Gasteiger partial charge >= 0.3 is 12.1 Å². The number of hydrogen-bond donors (Lipinski definition) is 0. The standard InChI is InChI=1S/C17H24FNO5/c1-16(2,3)24-15(21)19(12-22-5)17(4,18)14(20)23-11-13-9-7-6-8-10-13/h6-10H,11-12H2,1-5H3/t17-/m0/s1. The molecule has 1 aromatic rings. The maximum Gasteiger partial charge on any atom is 0.415 e. The number of halogens is 1. The summed E-state index contributed by atoms with van der Waals surface area (Å²) in [6.07, 6.45) is -1.01. The Kier molecular flexibility index (Phi) is 6.71. The molecule has 134 valence electrons. The Morgan fingerprint density at radius 2 is 1.71 bits per heavy atom. The van der Waals surface area contributed by atoms with Crippen molar-refractivity contribution < 1.29 is 28.2 Å². The lowest BCUT2D eigenvalue weighted by atomic mass is 10.2. The van der Waals surface area contributed by atoms with Crippen LogP contribution >= 0.6 is 0 Å². The predicted molar refractivity (Wildman–Crippen MR) is 85.7 cm³/mol. The molecule has 0 saturated carbocycles. The van der Waals surface area contributed by atoms with Gasteiger partial charge in [0.1, 0.15) is 18.9 Å². The van der Waals surface area contributed by atoms with Crippen LogP contribution in [0.5, 0.6) is 0 Å². The first-order valence-corrected chi connectivity index (χ1v) is 7.47. The smallest absolute Gasteiger partial charge is 0.415 e. The molecule has 0 heterocycles. The van der Waals surface area contributed by atoms with E-state index in [0.717, 1.165) is 6.92 Å². The second-order valence-electron chi connectivity index (χ2n) is 6.34. The van der Waals surface area contributed by atoms with Gasteiger partial charge in [0.15, 0.2) is 0 Å². The Labute approximate surface area is 141 Å². The van der Waals surface area contributed by atoms with Crippen molar-refractivity contribution in [2.45, 2.75) is 45.7 Å². The molecule has 1 aromatic carbocycles. The van der Waals surface area contributed by atoms with E-state index in [4.69, 9.17) is 14.2 Å². The first-order chi connectivity index (χ1) is 11.1. The average molecular weight is 341 g/mol. The molecule has 0 bridgehead atoms. The molecule has 0 saturated heterocycles. The molecule has 24 heavy (non-hydrogen) atoms. The number of methoxy groups -OCH3 is 1. The normalized spacial score (nSPS) is 13.8. The zero-order valence-electron chi connectivity index (χ0n) is 14.7. The lowest BCUT2D eigenvalue weighted by molar-refractivity contribution is -0.176. The third-order valence-corrected chi connectivity index (χ3v) is 2.96. The van der Waals surface area contributed by atoms with Crippen molar-refractivity contribution >= 4 is 12.1 Å². The van der Waals surface area contributed by atoms with Crippen LogP contribution in [0.3, 0.4) is 0 Å². The summed E-state index contributed by atoms with van der Waals surface area (Å²) < 4.78 is 29.8. The summed E-state index contributed by atoms with van der Waals surface area (Å²) in [6.45, 7) is 5.29. The van der Waals surface area contributed by atoms with Crippen LogP contribution in [0.4, 0.5) is 9.18 Å². The second kappa shape index (κ2) is 8.10. The van der Waals surface area contributed by atoms with E-state index in [1.807, 2.05) is 6.07 Å². The van der Waals surface area contributed by atoms with Crippen LogP contribution < -0.4 is 0 Å². The van der Waals surface area contributed by atoms with Gasteiger partial charge < -0.3 is 14.2 Å². The monoisotopic (exact) mass is 341 g/mol. The Balaban J connectivity index is 2.82. The summed E-state index contributed by atoms with van der Waals surface area (Å²) in [5, 5.41) is 0. The van der Waals surface area contributed by atoms with E-state index in [1.165, 1.54) is 7.11 Å². The van der Waals surface area contributed by atoms with Gasteiger partial charge in [-0.25, -0.2) is 18.9 Å². The minimum atomic E-state index is -2.73. The highest BCUT2D eigenvalue weighted by atomic mass is 19.1. The fraction of sp³-hybridized carbons (Fsp3) is 0.529. The van der Waals surface area contributed by atoms with Crippen molar-refractivity contribution in [2.75, 3.05) is 13.8 Å². The molecule has 0 unspecified atom stereocenters. The van der Waals surface area contributed by atoms with Crippen LogP contribution in [0, 0.1) is 0 Å². The number of amides is 1. The van der Waals surface area contributed by atoms with Crippen LogP contribution in [0.15, 0.2) is 30.3 Å². The number of benzene rings is 1. The van der Waals surface area contributed by atoms with E-state index in [2.05, 4.69) is 0 Å². The van der Waals surface area contributed by atoms with Crippen molar-refractivity contribution in [1.29, 1.82) is 0 Å². The second-order valence-corrected chi connectivity index (χ2v) is 6.34. The third-order valence-electron chi connectivity index (χ3n) is 2.96. The molecule has 6 nitrogen and oxygen atoms in total. The molecule has 0 aromatic heterocycles. The third kappa shape index (κ3) is 5.81. The Bertz CT molecular complexity index is 554. The van der Waals surface area contributed by atoms with Gasteiger partial charge in [-0.1, -0.05) is 30.3 Å². The quantitative estimate of drug-likeness (QED) is 0.451. The molecule has 0 radical (unpaired) electrons. The molecule has 1 atom stereocenters. The molecule has 0 N–H and O–H groups in total. The molecular formula is C17H24FNO5. The van der Waals surface area contributed by atoms with Gasteiger partial charge in [0.25, 0.3) is 5.79 Å². The van der Waals surface area contributed by atoms with E-state index in [9.17, 15) is 14.0 Å². The number of rotatable bonds is 6. The maximum absolute atomic E-state index is 14.9. The van der Waals surface area contributed by atoms with Gasteiger partial charge in [-0.05, 0) is 26.3 Å². The zero-order valence-corrected chi connectivity index (χ0v) is 14.7. The number of carbonyl (C=O) groups excluding carboxylic acids is 2. The van der Waals surface area contributed by atoms with Gasteiger partial charge in [0.2, 0.25) is 0 Å². The Hall–Kier alpha value is -2.15. The van der Waals surface area contributed by atoms with E-state index in [1.54, 1.807) is 45.0 Å². The van der Waals surface area contributed by atoms with Gasteiger partial charge in [-0.15, -0.1) is 0 Å². The first kappa shape index (κ1) is 19.9. The molecule has 0 aliphatic carbocycles. The van der Waals surface area contributed by atoms with Crippen LogP contribution in [0.1, 0.15) is 33.3 Å². The van der Waals surface area contributed by atoms with Crippen LogP contribution in [0.2, 0.25) is 0 Å². The molecule has 0 fully saturated rings. The summed E-state index contributed by atoms with van der Waals surface area (Å²) in [5.41, 5.74) is -0.134. The Morgan fingerprint density at radius 1 is 1.12 bits per heavy atom. The molecule has 0 aliphatic heterocycles. The van der Waals surface area contributed by atoms with E-state index in [-0.39, 0.29) is 6.61 Å². The summed E-state index contributed by atoms with van der Waals surface area (Å²) in [6, 6.07) is 8.84. The summed E-state index contributed by atoms with van der Waals surface area (Å²) in [5.74, 6) is -3.93. The summed E-state index contributed by atoms with van der Waals surface area (Å²) in [7, 11) is 1.28. The predicted octanol–water partition coefficient (Wildman–Crippen LogP) is 3.26. The molecule has 0 spiro atoms. The highest BCUT2D eigenvalue weighted by molar-refractivity contribution is 5.83. The summed E-state index contributed by atoms with van der Waals surface area (Å²) in [4.78, 5) is 24.8. The van der Waals surface area contributed by atoms with E-state index >= 15 is 0 Å². The van der Waals surface area contributed by atoms with Gasteiger partial charge in [0.05, 0.1) is 0 Å². The molecule has 1 amide bonds. The fourth-order valence-corrected chi connectivity index (χ4v) is 1.76. The number of alkyl halides is 1. The van der Waals surface area contributed by atoms with E-state index in [0.29, 0.717) is 10.5 Å². The van der Waals surface area contributed by atoms with Crippen molar-refractivity contribution in [2.24, 2.45) is 0 Å². The van der Waals surface area contributed by atoms with Crippen molar-refractivity contribution in [3.05, 3.63) is 35.9 Å². The molecular weight excluding hydrogens is 317 g/mol. The fourth-order valence-electron chi connectivity index (χ4n) is 1.76. The van der Waals surface area contributed by atoms with Crippen molar-refractivity contribution in [3.63, 3.8) is 0 Å². The van der Waals surface area contributed by atoms with Crippen molar-refractivity contribution in [1.82, 2.24) is 4.90 Å². The first-order valence-electron chi connectivity index (χ1n) is 7.47. The Morgan fingerprint density at radius 3 is 2.21 bits per heavy atom. The number of carbonyl (C=O) groups is 2. The number of ether oxygens (including phenoxy) is 3. The van der Waals surface area contributed by atoms with E-state index < -0.39 is 30.2 Å². The lowest BCUT2D eigenvalue weighted by Gasteiger charge is -2.33. The number of nitrogens with zero attached hydrogens (tertiary/aromatic N) is 1. The SMILES string of the molecule is COCN(C(=O)OC(C)(C)C)[C@](C)(F)C(=O)OCc1ccccc1. The topological polar surface area (TPSA) is 65.1 Å². The molecule has 7 heteroatoms. The molecule has 1 rings (SSSR count). The highest BCUT2D eigenvalue weighted by Gasteiger charge is 2.46. The van der Waals surface area contributed by atoms with Gasteiger partial charge in [-0.3, -0.25) is 0 Å². The van der Waals surface area contributed by atoms with Crippen LogP contribution in [-0.2, 0) is 25.6 Å². The molecule has 0 aliphatic rings. The van der Waals surface area contributed by atoms with Gasteiger partial charge in [-0.2, -0.15) is 0 Å². The average Bonchev–Trinajstić information content (AvgIpc) is 2.49. The number of esters is 1. The largest absolute Gasteiger partial charge is 0.457 e. The zero-order chi connectivity index (χ0) is 18.4. The van der Waals surface area contributed by atoms with Crippen molar-refractivity contribution in [3.8, 4) is 0 Å². The van der Waals surface area contributed by atoms with Crippen LogP contribution in [0.25, 0.3) is 0 Å². The van der Waals surface area contributed by atoms with Crippen LogP contribution in [-0.4, -0.2) is 42.2 Å². The number of hydrogen-bond acceptors (Lipinski definition) is 5. The maximum atomic E-state index is 14.9. The van der Waals surface area contributed by atoms with Gasteiger partial charge in [0, 0.05) is 14.0 Å². The highest BCUT2D eigenvalue weighted by Crippen LogP contribution is 2.23. The minimum Gasteiger partial charge on any atom is -0.457 e.